The van der Waals surface area contributed by atoms with E-state index in [-0.39, 0.29) is 17.0 Å². The van der Waals surface area contributed by atoms with Gasteiger partial charge in [-0.1, -0.05) is 20.3 Å². The number of rotatable bonds is 9. The van der Waals surface area contributed by atoms with Crippen molar-refractivity contribution in [1.29, 1.82) is 0 Å². The van der Waals surface area contributed by atoms with Gasteiger partial charge in [-0.2, -0.15) is 4.31 Å². The van der Waals surface area contributed by atoms with Crippen LogP contribution in [0.4, 0.5) is 5.69 Å². The molecule has 0 saturated carbocycles. The zero-order valence-electron chi connectivity index (χ0n) is 17.3. The summed E-state index contributed by atoms with van der Waals surface area (Å²) in [5, 5.41) is 2.57. The summed E-state index contributed by atoms with van der Waals surface area (Å²) in [6, 6.07) is 4.34. The number of esters is 1. The van der Waals surface area contributed by atoms with Gasteiger partial charge in [-0.25, -0.2) is 8.42 Å². The molecule has 2 rings (SSSR count). The number of amides is 1. The van der Waals surface area contributed by atoms with Crippen LogP contribution in [-0.4, -0.2) is 51.4 Å². The molecule has 0 radical (unpaired) electrons. The number of piperidine rings is 1. The van der Waals surface area contributed by atoms with Gasteiger partial charge >= 0.3 is 5.97 Å². The first kappa shape index (κ1) is 23.2. The zero-order valence-corrected chi connectivity index (χ0v) is 18.1. The molecule has 29 heavy (non-hydrogen) atoms. The first-order valence-electron chi connectivity index (χ1n) is 9.87. The number of carbonyl (C=O) groups excluding carboxylic acids is 2. The number of hydrogen-bond acceptors (Lipinski definition) is 6. The van der Waals surface area contributed by atoms with Crippen molar-refractivity contribution in [1.82, 2.24) is 4.31 Å². The van der Waals surface area contributed by atoms with Crippen molar-refractivity contribution in [2.75, 3.05) is 32.1 Å². The highest BCUT2D eigenvalue weighted by molar-refractivity contribution is 7.89. The molecule has 1 aliphatic heterocycles. The average molecular weight is 427 g/mol. The van der Waals surface area contributed by atoms with E-state index in [1.54, 1.807) is 0 Å². The van der Waals surface area contributed by atoms with E-state index >= 15 is 0 Å². The van der Waals surface area contributed by atoms with Gasteiger partial charge in [0, 0.05) is 19.5 Å². The van der Waals surface area contributed by atoms with Gasteiger partial charge in [0.25, 0.3) is 5.91 Å². The Labute approximate surface area is 172 Å². The third kappa shape index (κ3) is 6.71. The first-order chi connectivity index (χ1) is 13.7. The van der Waals surface area contributed by atoms with Gasteiger partial charge in [0.05, 0.1) is 17.7 Å². The molecule has 1 aromatic rings. The SMILES string of the molecule is COc1ccc(S(=O)(=O)N2CCCCC2)cc1NC(=O)COC(=O)CCC(C)C. The molecule has 0 spiro atoms. The molecule has 1 amide bonds. The van der Waals surface area contributed by atoms with Crippen molar-refractivity contribution in [2.24, 2.45) is 5.92 Å². The summed E-state index contributed by atoms with van der Waals surface area (Å²) < 4.78 is 37.4. The predicted octanol–water partition coefficient (Wildman–Crippen LogP) is 2.79. The summed E-state index contributed by atoms with van der Waals surface area (Å²) in [5.41, 5.74) is 0.216. The maximum absolute atomic E-state index is 12.9. The minimum Gasteiger partial charge on any atom is -0.495 e. The fraction of sp³-hybridized carbons (Fsp3) is 0.600. The Morgan fingerprint density at radius 2 is 1.86 bits per heavy atom. The highest BCUT2D eigenvalue weighted by Gasteiger charge is 2.27. The Kier molecular flexibility index (Phi) is 8.45. The Morgan fingerprint density at radius 1 is 1.17 bits per heavy atom. The van der Waals surface area contributed by atoms with Crippen molar-refractivity contribution in [2.45, 2.75) is 50.8 Å². The average Bonchev–Trinajstić information content (AvgIpc) is 2.71. The maximum Gasteiger partial charge on any atom is 0.306 e. The van der Waals surface area contributed by atoms with Crippen LogP contribution in [0.25, 0.3) is 0 Å². The van der Waals surface area contributed by atoms with Crippen molar-refractivity contribution >= 4 is 27.6 Å². The van der Waals surface area contributed by atoms with E-state index in [2.05, 4.69) is 5.32 Å². The van der Waals surface area contributed by atoms with E-state index in [0.29, 0.717) is 31.2 Å². The molecule has 0 bridgehead atoms. The van der Waals surface area contributed by atoms with E-state index in [1.165, 1.54) is 29.6 Å². The van der Waals surface area contributed by atoms with E-state index in [4.69, 9.17) is 9.47 Å². The Morgan fingerprint density at radius 3 is 2.48 bits per heavy atom. The Balaban J connectivity index is 2.06. The molecule has 1 aromatic carbocycles. The van der Waals surface area contributed by atoms with Crippen LogP contribution in [0.5, 0.6) is 5.75 Å². The van der Waals surface area contributed by atoms with Gasteiger partial charge < -0.3 is 14.8 Å². The molecule has 9 heteroatoms. The molecule has 8 nitrogen and oxygen atoms in total. The van der Waals surface area contributed by atoms with Crippen LogP contribution in [0.3, 0.4) is 0 Å². The quantitative estimate of drug-likeness (QED) is 0.609. The highest BCUT2D eigenvalue weighted by atomic mass is 32.2. The van der Waals surface area contributed by atoms with Crippen molar-refractivity contribution < 1.29 is 27.5 Å². The topological polar surface area (TPSA) is 102 Å². The lowest BCUT2D eigenvalue weighted by Gasteiger charge is -2.26. The Hall–Kier alpha value is -2.13. The van der Waals surface area contributed by atoms with E-state index in [1.807, 2.05) is 13.8 Å². The number of sulfonamides is 1. The van der Waals surface area contributed by atoms with E-state index in [0.717, 1.165) is 19.3 Å². The summed E-state index contributed by atoms with van der Waals surface area (Å²) in [4.78, 5) is 23.9. The lowest BCUT2D eigenvalue weighted by atomic mass is 10.1. The molecule has 1 fully saturated rings. The van der Waals surface area contributed by atoms with Gasteiger partial charge in [-0.3, -0.25) is 9.59 Å². The molecule has 162 valence electrons. The molecule has 0 aromatic heterocycles. The fourth-order valence-electron chi connectivity index (χ4n) is 3.01. The number of anilines is 1. The number of nitrogens with one attached hydrogen (secondary N) is 1. The van der Waals surface area contributed by atoms with Crippen LogP contribution in [0.15, 0.2) is 23.1 Å². The van der Waals surface area contributed by atoms with Crippen LogP contribution in [0, 0.1) is 5.92 Å². The third-order valence-electron chi connectivity index (χ3n) is 4.69. The molecule has 1 saturated heterocycles. The fourth-order valence-corrected chi connectivity index (χ4v) is 4.55. The summed E-state index contributed by atoms with van der Waals surface area (Å²) in [6.07, 6.45) is 3.62. The second-order valence-corrected chi connectivity index (χ2v) is 9.41. The van der Waals surface area contributed by atoms with Crippen LogP contribution in [0.2, 0.25) is 0 Å². The number of carbonyl (C=O) groups is 2. The second-order valence-electron chi connectivity index (χ2n) is 7.47. The number of nitrogens with zero attached hydrogens (tertiary/aromatic N) is 1. The number of hydrogen-bond donors (Lipinski definition) is 1. The minimum atomic E-state index is -3.65. The lowest BCUT2D eigenvalue weighted by Crippen LogP contribution is -2.35. The molecular formula is C20H30N2O6S. The van der Waals surface area contributed by atoms with Crippen molar-refractivity contribution in [3.8, 4) is 5.75 Å². The largest absolute Gasteiger partial charge is 0.495 e. The van der Waals surface area contributed by atoms with Crippen LogP contribution in [0.1, 0.15) is 46.0 Å². The number of ether oxygens (including phenoxy) is 2. The Bertz CT molecular complexity index is 816. The number of methoxy groups -OCH3 is 1. The molecule has 0 atom stereocenters. The summed E-state index contributed by atoms with van der Waals surface area (Å²) >= 11 is 0. The van der Waals surface area contributed by atoms with Gasteiger partial charge in [-0.05, 0) is 43.4 Å². The normalized spacial score (nSPS) is 15.2. The molecule has 1 heterocycles. The summed E-state index contributed by atoms with van der Waals surface area (Å²) in [7, 11) is -2.22. The zero-order chi connectivity index (χ0) is 21.4. The highest BCUT2D eigenvalue weighted by Crippen LogP contribution is 2.30. The molecule has 1 N–H and O–H groups in total. The maximum atomic E-state index is 12.9. The van der Waals surface area contributed by atoms with E-state index < -0.39 is 28.5 Å². The van der Waals surface area contributed by atoms with Crippen LogP contribution < -0.4 is 10.1 Å². The lowest BCUT2D eigenvalue weighted by molar-refractivity contribution is -0.147. The molecule has 0 unspecified atom stereocenters. The standard InChI is InChI=1S/C20H30N2O6S/c1-15(2)7-10-20(24)28-14-19(23)21-17-13-16(8-9-18(17)27-3)29(25,26)22-11-5-4-6-12-22/h8-9,13,15H,4-7,10-12,14H2,1-3H3,(H,21,23). The monoisotopic (exact) mass is 426 g/mol. The smallest absolute Gasteiger partial charge is 0.306 e. The molecular weight excluding hydrogens is 396 g/mol. The van der Waals surface area contributed by atoms with Crippen LogP contribution >= 0.6 is 0 Å². The summed E-state index contributed by atoms with van der Waals surface area (Å²) in [6.45, 7) is 4.53. The predicted molar refractivity (Wildman–Crippen MR) is 109 cm³/mol. The van der Waals surface area contributed by atoms with E-state index in [9.17, 15) is 18.0 Å². The molecule has 1 aliphatic rings. The third-order valence-corrected chi connectivity index (χ3v) is 6.58. The van der Waals surface area contributed by atoms with Gasteiger partial charge in [-0.15, -0.1) is 0 Å². The van der Waals surface area contributed by atoms with Crippen molar-refractivity contribution in [3.63, 3.8) is 0 Å². The minimum absolute atomic E-state index is 0.0874. The van der Waals surface area contributed by atoms with Crippen LogP contribution in [-0.2, 0) is 24.3 Å². The summed E-state index contributed by atoms with van der Waals surface area (Å²) in [5.74, 6) is -0.316. The first-order valence-corrected chi connectivity index (χ1v) is 11.3. The van der Waals surface area contributed by atoms with Gasteiger partial charge in [0.15, 0.2) is 6.61 Å². The molecule has 0 aliphatic carbocycles. The van der Waals surface area contributed by atoms with Crippen molar-refractivity contribution in [3.05, 3.63) is 18.2 Å². The van der Waals surface area contributed by atoms with Gasteiger partial charge in [0.1, 0.15) is 5.75 Å². The number of benzene rings is 1. The van der Waals surface area contributed by atoms with Gasteiger partial charge in [0.2, 0.25) is 10.0 Å². The second kappa shape index (κ2) is 10.6.